The summed E-state index contributed by atoms with van der Waals surface area (Å²) in [5.74, 6) is 0.704. The third-order valence-corrected chi connectivity index (χ3v) is 7.14. The molecule has 0 spiro atoms. The van der Waals surface area contributed by atoms with Gasteiger partial charge in [0, 0.05) is 30.6 Å². The number of anilines is 1. The Kier molecular flexibility index (Phi) is 8.65. The highest BCUT2D eigenvalue weighted by Crippen LogP contribution is 2.18. The van der Waals surface area contributed by atoms with Gasteiger partial charge in [-0.15, -0.1) is 22.0 Å². The number of carbonyl (C=O) groups is 2. The second-order valence-corrected chi connectivity index (χ2v) is 9.59. The number of benzene rings is 1. The van der Waals surface area contributed by atoms with Crippen LogP contribution in [0.25, 0.3) is 0 Å². The Morgan fingerprint density at radius 1 is 1.23 bits per heavy atom. The standard InChI is InChI=1S/C21H29N5O2S2/c1-15-6-8-17(9-7-15)23-20(28)21-25-24-19(30-21)14-29-13-18(27)22-10-12-26-11-4-3-5-16(26)2/h6-9,16H,3-5,10-14H2,1-2H3,(H,22,27)(H,23,28)/t16-/m1/s1. The third-order valence-electron chi connectivity index (χ3n) is 5.09. The fourth-order valence-electron chi connectivity index (χ4n) is 3.34. The number of piperidine rings is 1. The average Bonchev–Trinajstić information content (AvgIpc) is 3.20. The summed E-state index contributed by atoms with van der Waals surface area (Å²) < 4.78 is 0. The normalized spacial score (nSPS) is 16.9. The van der Waals surface area contributed by atoms with Gasteiger partial charge in [0.1, 0.15) is 5.01 Å². The highest BCUT2D eigenvalue weighted by Gasteiger charge is 2.17. The molecule has 0 bridgehead atoms. The van der Waals surface area contributed by atoms with Crippen LogP contribution in [0.4, 0.5) is 5.69 Å². The van der Waals surface area contributed by atoms with Crippen LogP contribution in [0.1, 0.15) is 46.6 Å². The SMILES string of the molecule is Cc1ccc(NC(=O)c2nnc(CSCC(=O)NCCN3CCCC[C@H]3C)s2)cc1. The molecule has 1 atom stereocenters. The van der Waals surface area contributed by atoms with E-state index in [2.05, 4.69) is 32.7 Å². The Morgan fingerprint density at radius 2 is 2.03 bits per heavy atom. The molecule has 2 aromatic rings. The van der Waals surface area contributed by atoms with Crippen molar-refractivity contribution in [1.29, 1.82) is 0 Å². The number of nitrogens with zero attached hydrogens (tertiary/aromatic N) is 3. The summed E-state index contributed by atoms with van der Waals surface area (Å²) >= 11 is 2.74. The molecular formula is C21H29N5O2S2. The average molecular weight is 448 g/mol. The van der Waals surface area contributed by atoms with E-state index < -0.39 is 0 Å². The van der Waals surface area contributed by atoms with Crippen LogP contribution in [0.5, 0.6) is 0 Å². The van der Waals surface area contributed by atoms with E-state index in [4.69, 9.17) is 0 Å². The van der Waals surface area contributed by atoms with Crippen LogP contribution in [-0.2, 0) is 10.5 Å². The Bertz CT molecular complexity index is 840. The number of rotatable bonds is 9. The van der Waals surface area contributed by atoms with E-state index >= 15 is 0 Å². The number of hydrogen-bond acceptors (Lipinski definition) is 7. The van der Waals surface area contributed by atoms with Crippen molar-refractivity contribution < 1.29 is 9.59 Å². The summed E-state index contributed by atoms with van der Waals surface area (Å²) in [6.45, 7) is 6.98. The van der Waals surface area contributed by atoms with Crippen molar-refractivity contribution in [3.8, 4) is 0 Å². The first-order valence-electron chi connectivity index (χ1n) is 10.3. The minimum Gasteiger partial charge on any atom is -0.354 e. The minimum absolute atomic E-state index is 0.0338. The molecule has 2 amide bonds. The monoisotopic (exact) mass is 447 g/mol. The quantitative estimate of drug-likeness (QED) is 0.613. The number of amides is 2. The van der Waals surface area contributed by atoms with E-state index in [-0.39, 0.29) is 11.8 Å². The Balaban J connectivity index is 1.34. The lowest BCUT2D eigenvalue weighted by Crippen LogP contribution is -2.42. The molecule has 1 fully saturated rings. The summed E-state index contributed by atoms with van der Waals surface area (Å²) in [7, 11) is 0. The van der Waals surface area contributed by atoms with E-state index in [0.29, 0.717) is 29.1 Å². The first kappa shape index (κ1) is 22.7. The third kappa shape index (κ3) is 7.07. The van der Waals surface area contributed by atoms with E-state index in [1.54, 1.807) is 0 Å². The zero-order valence-corrected chi connectivity index (χ0v) is 19.2. The second kappa shape index (κ2) is 11.4. The molecule has 0 aliphatic carbocycles. The first-order valence-corrected chi connectivity index (χ1v) is 12.3. The molecule has 2 N–H and O–H groups in total. The summed E-state index contributed by atoms with van der Waals surface area (Å²) in [6.07, 6.45) is 3.80. The highest BCUT2D eigenvalue weighted by atomic mass is 32.2. The highest BCUT2D eigenvalue weighted by molar-refractivity contribution is 7.99. The molecule has 3 rings (SSSR count). The van der Waals surface area contributed by atoms with Gasteiger partial charge in [0.25, 0.3) is 5.91 Å². The summed E-state index contributed by atoms with van der Waals surface area (Å²) in [6, 6.07) is 8.21. The first-order chi connectivity index (χ1) is 14.5. The molecule has 1 saturated heterocycles. The predicted octanol–water partition coefficient (Wildman–Crippen LogP) is 3.32. The van der Waals surface area contributed by atoms with Crippen LogP contribution >= 0.6 is 23.1 Å². The van der Waals surface area contributed by atoms with E-state index in [9.17, 15) is 9.59 Å². The van der Waals surface area contributed by atoms with Crippen molar-refractivity contribution in [3.63, 3.8) is 0 Å². The van der Waals surface area contributed by atoms with Crippen molar-refractivity contribution in [1.82, 2.24) is 20.4 Å². The number of likely N-dealkylation sites (tertiary alicyclic amines) is 1. The van der Waals surface area contributed by atoms with E-state index in [1.165, 1.54) is 42.4 Å². The minimum atomic E-state index is -0.266. The van der Waals surface area contributed by atoms with E-state index in [1.807, 2.05) is 31.2 Å². The van der Waals surface area contributed by atoms with Gasteiger partial charge in [-0.25, -0.2) is 0 Å². The van der Waals surface area contributed by atoms with Crippen molar-refractivity contribution in [2.45, 2.75) is 44.9 Å². The van der Waals surface area contributed by atoms with Crippen molar-refractivity contribution >= 4 is 40.6 Å². The Morgan fingerprint density at radius 3 is 2.80 bits per heavy atom. The molecule has 0 saturated carbocycles. The zero-order chi connectivity index (χ0) is 21.3. The van der Waals surface area contributed by atoms with Gasteiger partial charge in [0.05, 0.1) is 5.75 Å². The van der Waals surface area contributed by atoms with Gasteiger partial charge in [-0.3, -0.25) is 14.5 Å². The lowest BCUT2D eigenvalue weighted by atomic mass is 10.0. The van der Waals surface area contributed by atoms with Crippen LogP contribution in [0.3, 0.4) is 0 Å². The van der Waals surface area contributed by atoms with Gasteiger partial charge in [0.15, 0.2) is 0 Å². The van der Waals surface area contributed by atoms with Crippen LogP contribution in [-0.4, -0.2) is 58.3 Å². The van der Waals surface area contributed by atoms with Gasteiger partial charge in [-0.05, 0) is 45.4 Å². The van der Waals surface area contributed by atoms with Gasteiger partial charge >= 0.3 is 0 Å². The fourth-order valence-corrected chi connectivity index (χ4v) is 4.97. The number of nitrogens with one attached hydrogen (secondary N) is 2. The molecule has 1 aliphatic heterocycles. The predicted molar refractivity (Wildman–Crippen MR) is 123 cm³/mol. The largest absolute Gasteiger partial charge is 0.354 e. The second-order valence-electron chi connectivity index (χ2n) is 7.54. The number of carbonyl (C=O) groups excluding carboxylic acids is 2. The van der Waals surface area contributed by atoms with Crippen molar-refractivity contribution in [2.75, 3.05) is 30.7 Å². The fraction of sp³-hybridized carbons (Fsp3) is 0.524. The molecule has 2 heterocycles. The maximum Gasteiger partial charge on any atom is 0.286 e. The summed E-state index contributed by atoms with van der Waals surface area (Å²) in [5.41, 5.74) is 1.86. The molecular weight excluding hydrogens is 418 g/mol. The van der Waals surface area contributed by atoms with Crippen molar-refractivity contribution in [2.24, 2.45) is 0 Å². The molecule has 0 unspecified atom stereocenters. The van der Waals surface area contributed by atoms with Crippen molar-refractivity contribution in [3.05, 3.63) is 39.8 Å². The van der Waals surface area contributed by atoms with Crippen LogP contribution < -0.4 is 10.6 Å². The van der Waals surface area contributed by atoms with Crippen LogP contribution in [0.2, 0.25) is 0 Å². The summed E-state index contributed by atoms with van der Waals surface area (Å²) in [5, 5.41) is 14.9. The molecule has 162 valence electrons. The van der Waals surface area contributed by atoms with Gasteiger partial charge in [0.2, 0.25) is 10.9 Å². The number of aromatic nitrogens is 2. The molecule has 1 aromatic carbocycles. The molecule has 9 heteroatoms. The molecule has 30 heavy (non-hydrogen) atoms. The van der Waals surface area contributed by atoms with Gasteiger partial charge in [-0.2, -0.15) is 0 Å². The molecule has 1 aliphatic rings. The van der Waals surface area contributed by atoms with Crippen LogP contribution in [0, 0.1) is 6.92 Å². The Labute approximate surface area is 186 Å². The number of thioether (sulfide) groups is 1. The van der Waals surface area contributed by atoms with Gasteiger partial charge in [-0.1, -0.05) is 35.5 Å². The smallest absolute Gasteiger partial charge is 0.286 e. The molecule has 7 nitrogen and oxygen atoms in total. The van der Waals surface area contributed by atoms with Crippen LogP contribution in [0.15, 0.2) is 24.3 Å². The maximum atomic E-state index is 12.3. The molecule has 0 radical (unpaired) electrons. The topological polar surface area (TPSA) is 87.2 Å². The Hall–Kier alpha value is -1.97. The lowest BCUT2D eigenvalue weighted by Gasteiger charge is -2.33. The lowest BCUT2D eigenvalue weighted by molar-refractivity contribution is -0.118. The number of hydrogen-bond donors (Lipinski definition) is 2. The van der Waals surface area contributed by atoms with Gasteiger partial charge < -0.3 is 10.6 Å². The van der Waals surface area contributed by atoms with E-state index in [0.717, 1.165) is 29.3 Å². The zero-order valence-electron chi connectivity index (χ0n) is 17.5. The summed E-state index contributed by atoms with van der Waals surface area (Å²) in [4.78, 5) is 26.8. The maximum absolute atomic E-state index is 12.3. The molecule has 1 aromatic heterocycles. The number of aryl methyl sites for hydroxylation is 1.